The van der Waals surface area contributed by atoms with Gasteiger partial charge in [-0.15, -0.1) is 6.42 Å². The summed E-state index contributed by atoms with van der Waals surface area (Å²) in [5.41, 5.74) is 1.52. The third-order valence-corrected chi connectivity index (χ3v) is 3.03. The van der Waals surface area contributed by atoms with Gasteiger partial charge in [0.25, 0.3) is 0 Å². The van der Waals surface area contributed by atoms with Crippen molar-refractivity contribution in [1.82, 2.24) is 0 Å². The predicted molar refractivity (Wildman–Crippen MR) is 52.2 cm³/mol. The molecule has 0 unspecified atom stereocenters. The summed E-state index contributed by atoms with van der Waals surface area (Å²) in [7, 11) is 0. The van der Waals surface area contributed by atoms with Crippen LogP contribution in [0.4, 0.5) is 0 Å². The van der Waals surface area contributed by atoms with Crippen LogP contribution in [0, 0.1) is 11.7 Å². The molecule has 0 bridgehead atoms. The molecule has 1 aliphatic carbocycles. The van der Waals surface area contributed by atoms with E-state index in [-0.39, 0.29) is 0 Å². The van der Waals surface area contributed by atoms with Crippen LogP contribution in [0.2, 0.25) is 0 Å². The number of rotatable bonds is 1. The van der Waals surface area contributed by atoms with Gasteiger partial charge >= 0.3 is 0 Å². The Bertz CT molecular complexity index is 195. The lowest BCUT2D eigenvalue weighted by Crippen LogP contribution is -1.79. The zero-order valence-corrected chi connectivity index (χ0v) is 7.84. The number of terminal acetylenes is 1. The summed E-state index contributed by atoms with van der Waals surface area (Å²) in [5, 5.41) is 2.65. The fourth-order valence-electron chi connectivity index (χ4n) is 1.41. The summed E-state index contributed by atoms with van der Waals surface area (Å²) in [5.74, 6) is 0. The molecule has 0 atom stereocenters. The third kappa shape index (κ3) is 2.63. The second kappa shape index (κ2) is 4.51. The highest BCUT2D eigenvalue weighted by molar-refractivity contribution is 8.07. The second-order valence-electron chi connectivity index (χ2n) is 2.98. The summed E-state index contributed by atoms with van der Waals surface area (Å²) < 4.78 is 0. The molecule has 0 fully saturated rings. The third-order valence-electron chi connectivity index (χ3n) is 2.11. The van der Waals surface area contributed by atoms with Crippen molar-refractivity contribution in [2.75, 3.05) is 0 Å². The van der Waals surface area contributed by atoms with E-state index >= 15 is 0 Å². The van der Waals surface area contributed by atoms with Gasteiger partial charge in [0.15, 0.2) is 0 Å². The van der Waals surface area contributed by atoms with Gasteiger partial charge in [-0.25, -0.2) is 0 Å². The Morgan fingerprint density at radius 1 is 1.27 bits per heavy atom. The molecule has 1 heteroatoms. The van der Waals surface area contributed by atoms with E-state index in [2.05, 4.69) is 12.2 Å². The van der Waals surface area contributed by atoms with Crippen molar-refractivity contribution in [3.8, 4) is 11.7 Å². The Hall–Kier alpha value is -0.350. The first kappa shape index (κ1) is 8.74. The fourth-order valence-corrected chi connectivity index (χ4v) is 2.08. The Morgan fingerprint density at radius 2 is 2.00 bits per heavy atom. The Kier molecular flexibility index (Phi) is 3.59. The molecule has 0 spiro atoms. The van der Waals surface area contributed by atoms with E-state index in [1.165, 1.54) is 42.6 Å². The molecular formula is C10H14S. The summed E-state index contributed by atoms with van der Waals surface area (Å²) in [6.45, 7) is 2.21. The fraction of sp³-hybridized carbons (Fsp3) is 0.600. The second-order valence-corrected chi connectivity index (χ2v) is 3.92. The van der Waals surface area contributed by atoms with Gasteiger partial charge in [-0.05, 0) is 54.5 Å². The van der Waals surface area contributed by atoms with Gasteiger partial charge in [-0.3, -0.25) is 0 Å². The van der Waals surface area contributed by atoms with E-state index in [0.717, 1.165) is 0 Å². The van der Waals surface area contributed by atoms with Crippen molar-refractivity contribution < 1.29 is 0 Å². The van der Waals surface area contributed by atoms with E-state index in [0.29, 0.717) is 0 Å². The molecule has 11 heavy (non-hydrogen) atoms. The highest BCUT2D eigenvalue weighted by atomic mass is 32.2. The summed E-state index contributed by atoms with van der Waals surface area (Å²) in [6, 6.07) is 0. The smallest absolute Gasteiger partial charge is 0.00323 e. The predicted octanol–water partition coefficient (Wildman–Crippen LogP) is 3.55. The summed E-state index contributed by atoms with van der Waals surface area (Å²) >= 11 is 1.58. The highest BCUT2D eigenvalue weighted by Crippen LogP contribution is 2.30. The zero-order valence-electron chi connectivity index (χ0n) is 7.02. The molecule has 0 aromatic rings. The van der Waals surface area contributed by atoms with Crippen molar-refractivity contribution >= 4 is 11.8 Å². The Morgan fingerprint density at radius 3 is 2.73 bits per heavy atom. The first-order valence-corrected chi connectivity index (χ1v) is 4.97. The molecular weight excluding hydrogens is 152 g/mol. The standard InChI is InChI=1S/C10H14S/c1-3-11-10-8-6-4-5-7-9(10)2/h1H,4-8H2,2H3. The van der Waals surface area contributed by atoms with E-state index in [9.17, 15) is 0 Å². The molecule has 0 radical (unpaired) electrons. The van der Waals surface area contributed by atoms with Crippen molar-refractivity contribution in [2.24, 2.45) is 0 Å². The minimum atomic E-state index is 1.21. The highest BCUT2D eigenvalue weighted by Gasteiger charge is 2.06. The van der Waals surface area contributed by atoms with E-state index < -0.39 is 0 Å². The van der Waals surface area contributed by atoms with Crippen LogP contribution in [0.1, 0.15) is 39.0 Å². The van der Waals surface area contributed by atoms with Crippen LogP contribution in [0.3, 0.4) is 0 Å². The number of thioether (sulfide) groups is 1. The van der Waals surface area contributed by atoms with E-state index in [1.807, 2.05) is 0 Å². The lowest BCUT2D eigenvalue weighted by molar-refractivity contribution is 0.710. The molecule has 0 saturated heterocycles. The average molecular weight is 166 g/mol. The van der Waals surface area contributed by atoms with Gasteiger partial charge < -0.3 is 0 Å². The van der Waals surface area contributed by atoms with Crippen molar-refractivity contribution in [3.05, 3.63) is 10.5 Å². The van der Waals surface area contributed by atoms with E-state index in [4.69, 9.17) is 6.42 Å². The van der Waals surface area contributed by atoms with Crippen molar-refractivity contribution in [1.29, 1.82) is 0 Å². The van der Waals surface area contributed by atoms with Crippen molar-refractivity contribution in [2.45, 2.75) is 39.0 Å². The molecule has 0 aromatic heterocycles. The zero-order chi connectivity index (χ0) is 8.10. The van der Waals surface area contributed by atoms with Gasteiger partial charge in [0, 0.05) is 0 Å². The lowest BCUT2D eigenvalue weighted by atomic mass is 10.2. The first-order valence-electron chi connectivity index (χ1n) is 4.15. The lowest BCUT2D eigenvalue weighted by Gasteiger charge is -2.02. The van der Waals surface area contributed by atoms with Gasteiger partial charge in [-0.2, -0.15) is 0 Å². The van der Waals surface area contributed by atoms with Crippen LogP contribution < -0.4 is 0 Å². The van der Waals surface area contributed by atoms with Crippen LogP contribution >= 0.6 is 11.8 Å². The molecule has 0 N–H and O–H groups in total. The van der Waals surface area contributed by atoms with Crippen LogP contribution in [0.5, 0.6) is 0 Å². The van der Waals surface area contributed by atoms with Gasteiger partial charge in [0.2, 0.25) is 0 Å². The summed E-state index contributed by atoms with van der Waals surface area (Å²) in [6.07, 6.45) is 11.7. The molecule has 0 aromatic carbocycles. The van der Waals surface area contributed by atoms with Crippen LogP contribution in [0.25, 0.3) is 0 Å². The largest absolute Gasteiger partial charge is 0.108 e. The number of hydrogen-bond donors (Lipinski definition) is 0. The first-order chi connectivity index (χ1) is 5.34. The normalized spacial score (nSPS) is 19.3. The Labute approximate surface area is 73.5 Å². The van der Waals surface area contributed by atoms with E-state index in [1.54, 1.807) is 11.8 Å². The summed E-state index contributed by atoms with van der Waals surface area (Å²) in [4.78, 5) is 1.45. The SMILES string of the molecule is C#CSC1=C(C)CCCCC1. The maximum Gasteiger partial charge on any atom is -0.00323 e. The molecule has 1 rings (SSSR count). The minimum absolute atomic E-state index is 1.21. The molecule has 0 amide bonds. The van der Waals surface area contributed by atoms with Crippen molar-refractivity contribution in [3.63, 3.8) is 0 Å². The van der Waals surface area contributed by atoms with Gasteiger partial charge in [-0.1, -0.05) is 12.0 Å². The molecule has 1 aliphatic rings. The van der Waals surface area contributed by atoms with Crippen LogP contribution in [-0.2, 0) is 0 Å². The average Bonchev–Trinajstić information content (AvgIpc) is 2.18. The quantitative estimate of drug-likeness (QED) is 0.537. The molecule has 0 nitrogen and oxygen atoms in total. The maximum absolute atomic E-state index is 5.25. The van der Waals surface area contributed by atoms with Crippen LogP contribution in [0.15, 0.2) is 10.5 Å². The number of hydrogen-bond acceptors (Lipinski definition) is 1. The molecule has 0 saturated carbocycles. The minimum Gasteiger partial charge on any atom is -0.108 e. The molecule has 60 valence electrons. The Balaban J connectivity index is 2.61. The van der Waals surface area contributed by atoms with Gasteiger partial charge in [0.1, 0.15) is 0 Å². The molecule has 0 aliphatic heterocycles. The maximum atomic E-state index is 5.25. The van der Waals surface area contributed by atoms with Gasteiger partial charge in [0.05, 0.1) is 0 Å². The number of allylic oxidation sites excluding steroid dienone is 2. The molecule has 0 heterocycles. The topological polar surface area (TPSA) is 0 Å². The van der Waals surface area contributed by atoms with Crippen LogP contribution in [-0.4, -0.2) is 0 Å². The monoisotopic (exact) mass is 166 g/mol.